The number of halogens is 4. The monoisotopic (exact) mass is 559 g/mol. The van der Waals surface area contributed by atoms with E-state index in [1.54, 1.807) is 37.0 Å². The van der Waals surface area contributed by atoms with Crippen molar-refractivity contribution in [2.75, 3.05) is 13.6 Å². The molecular formula is C23H25Cl4N5O3. The van der Waals surface area contributed by atoms with Gasteiger partial charge in [-0.1, -0.05) is 46.9 Å². The van der Waals surface area contributed by atoms with Gasteiger partial charge >= 0.3 is 0 Å². The zero-order valence-corrected chi connectivity index (χ0v) is 22.1. The maximum absolute atomic E-state index is 12.5. The van der Waals surface area contributed by atoms with Crippen LogP contribution in [0.15, 0.2) is 40.9 Å². The number of hydrogen-bond donors (Lipinski definition) is 3. The molecule has 12 heteroatoms. The van der Waals surface area contributed by atoms with Gasteiger partial charge in [0, 0.05) is 45.2 Å². The number of nitrogens with zero attached hydrogens (tertiary/aromatic N) is 2. The molecule has 2 unspecified atom stereocenters. The number of aryl methyl sites for hydroxylation is 1. The number of piperidine rings is 1. The zero-order valence-electron chi connectivity index (χ0n) is 19.1. The molecular weight excluding hydrogens is 536 g/mol. The van der Waals surface area contributed by atoms with Crippen molar-refractivity contribution in [3.8, 4) is 11.3 Å². The molecule has 8 nitrogen and oxygen atoms in total. The fourth-order valence-electron chi connectivity index (χ4n) is 3.59. The van der Waals surface area contributed by atoms with Crippen molar-refractivity contribution in [3.05, 3.63) is 62.6 Å². The van der Waals surface area contributed by atoms with Gasteiger partial charge in [0.1, 0.15) is 0 Å². The molecule has 2 amide bonds. The summed E-state index contributed by atoms with van der Waals surface area (Å²) in [7, 11) is 3.35. The summed E-state index contributed by atoms with van der Waals surface area (Å²) in [5.41, 5.74) is 1.10. The highest BCUT2D eigenvalue weighted by molar-refractivity contribution is 6.41. The van der Waals surface area contributed by atoms with E-state index in [-0.39, 0.29) is 34.9 Å². The van der Waals surface area contributed by atoms with E-state index in [0.29, 0.717) is 39.3 Å². The van der Waals surface area contributed by atoms with Crippen LogP contribution in [0.2, 0.25) is 20.3 Å². The largest absolute Gasteiger partial charge is 0.439 e. The molecule has 1 aliphatic rings. The van der Waals surface area contributed by atoms with E-state index < -0.39 is 0 Å². The molecule has 1 saturated heterocycles. The normalized spacial score (nSPS) is 17.3. The van der Waals surface area contributed by atoms with Gasteiger partial charge in [0.05, 0.1) is 32.5 Å². The van der Waals surface area contributed by atoms with Crippen molar-refractivity contribution in [3.63, 3.8) is 0 Å². The molecule has 3 heterocycles. The summed E-state index contributed by atoms with van der Waals surface area (Å²) in [6, 6.07) is 8.82. The number of carbonyl (C=O) groups excluding carboxylic acids is 2. The molecule has 1 aliphatic heterocycles. The van der Waals surface area contributed by atoms with Gasteiger partial charge in [-0.05, 0) is 36.6 Å². The fraction of sp³-hybridized carbons (Fsp3) is 0.348. The first-order valence-corrected chi connectivity index (χ1v) is 12.3. The Morgan fingerprint density at radius 3 is 2.34 bits per heavy atom. The first kappa shape index (κ1) is 27.4. The van der Waals surface area contributed by atoms with E-state index in [1.165, 1.54) is 6.20 Å². The molecule has 2 atom stereocenters. The number of amides is 2. The van der Waals surface area contributed by atoms with Crippen LogP contribution < -0.4 is 16.0 Å². The van der Waals surface area contributed by atoms with Gasteiger partial charge in [0.2, 0.25) is 11.1 Å². The molecule has 2 aromatic heterocycles. The Bertz CT molecular complexity index is 1130. The summed E-state index contributed by atoms with van der Waals surface area (Å²) < 4.78 is 6.99. The molecule has 0 spiro atoms. The summed E-state index contributed by atoms with van der Waals surface area (Å²) in [4.78, 5) is 24.0. The lowest BCUT2D eigenvalue weighted by atomic mass is 9.98. The van der Waals surface area contributed by atoms with Crippen LogP contribution >= 0.6 is 46.4 Å². The molecule has 35 heavy (non-hydrogen) atoms. The van der Waals surface area contributed by atoms with E-state index in [1.807, 2.05) is 12.1 Å². The van der Waals surface area contributed by atoms with Crippen LogP contribution in [0.5, 0.6) is 0 Å². The predicted molar refractivity (Wildman–Crippen MR) is 138 cm³/mol. The van der Waals surface area contributed by atoms with Crippen molar-refractivity contribution in [2.45, 2.75) is 31.3 Å². The lowest BCUT2D eigenvalue weighted by molar-refractivity contribution is -0.121. The first-order valence-electron chi connectivity index (χ1n) is 10.8. The van der Waals surface area contributed by atoms with E-state index in [0.717, 1.165) is 12.8 Å². The number of carbonyl (C=O) groups is 2. The number of hydrogen-bond acceptors (Lipinski definition) is 5. The van der Waals surface area contributed by atoms with Gasteiger partial charge in [0.25, 0.3) is 5.91 Å². The third-order valence-corrected chi connectivity index (χ3v) is 6.76. The summed E-state index contributed by atoms with van der Waals surface area (Å²) in [5, 5.41) is 14.6. The summed E-state index contributed by atoms with van der Waals surface area (Å²) in [6.45, 7) is 0.586. The number of rotatable bonds is 5. The Morgan fingerprint density at radius 1 is 1.14 bits per heavy atom. The Labute approximate surface area is 223 Å². The van der Waals surface area contributed by atoms with Crippen LogP contribution in [-0.4, -0.2) is 47.3 Å². The lowest BCUT2D eigenvalue weighted by Crippen LogP contribution is -2.50. The van der Waals surface area contributed by atoms with E-state index >= 15 is 0 Å². The smallest absolute Gasteiger partial charge is 0.287 e. The van der Waals surface area contributed by atoms with Gasteiger partial charge in [0.15, 0.2) is 5.76 Å². The van der Waals surface area contributed by atoms with Crippen LogP contribution in [0.3, 0.4) is 0 Å². The predicted octanol–water partition coefficient (Wildman–Crippen LogP) is 4.97. The van der Waals surface area contributed by atoms with Crippen LogP contribution in [-0.2, 0) is 11.8 Å². The van der Waals surface area contributed by atoms with Crippen molar-refractivity contribution in [1.82, 2.24) is 25.7 Å². The standard InChI is InChI=1S/C17H21Cl2N5O3.C6H4Cl2/c1-20-14(25)5-9-3-4-10(7-21-9)23-17(26)13-6-11(16(19)27-13)15-12(18)8-22-24(15)2;7-5-3-1-2-4-6(5)8/h6,8-10,21H,3-5,7H2,1-2H3,(H,20,25)(H,23,26);1-4H. The number of benzene rings is 1. The van der Waals surface area contributed by atoms with Gasteiger partial charge in [-0.3, -0.25) is 14.3 Å². The van der Waals surface area contributed by atoms with Crippen LogP contribution in [0.1, 0.15) is 29.8 Å². The minimum Gasteiger partial charge on any atom is -0.439 e. The van der Waals surface area contributed by atoms with Crippen molar-refractivity contribution >= 4 is 58.2 Å². The average molecular weight is 561 g/mol. The summed E-state index contributed by atoms with van der Waals surface area (Å²) in [5.74, 6) is -0.237. The molecule has 0 radical (unpaired) electrons. The van der Waals surface area contributed by atoms with Gasteiger partial charge in [-0.15, -0.1) is 0 Å². The fourth-order valence-corrected chi connectivity index (χ4v) is 4.36. The topological polar surface area (TPSA) is 101 Å². The Kier molecular flexibility index (Phi) is 9.89. The zero-order chi connectivity index (χ0) is 25.5. The highest BCUT2D eigenvalue weighted by Crippen LogP contribution is 2.35. The molecule has 4 rings (SSSR count). The third-order valence-electron chi connectivity index (χ3n) is 5.45. The number of nitrogens with one attached hydrogen (secondary N) is 3. The minimum absolute atomic E-state index is 0.00145. The first-order chi connectivity index (χ1) is 16.7. The quantitative estimate of drug-likeness (QED) is 0.409. The number of furan rings is 1. The lowest BCUT2D eigenvalue weighted by Gasteiger charge is -2.29. The molecule has 3 aromatic rings. The number of aromatic nitrogens is 2. The third kappa shape index (κ3) is 7.38. The van der Waals surface area contributed by atoms with E-state index in [9.17, 15) is 9.59 Å². The maximum atomic E-state index is 12.5. The van der Waals surface area contributed by atoms with Crippen LogP contribution in [0, 0.1) is 0 Å². The second-order valence-corrected chi connectivity index (χ2v) is 9.47. The molecule has 0 saturated carbocycles. The summed E-state index contributed by atoms with van der Waals surface area (Å²) in [6.07, 6.45) is 3.51. The SMILES string of the molecule is CNC(=O)CC1CCC(NC(=O)c2cc(-c3c(Cl)cnn3C)c(Cl)o2)CN1.Clc1ccccc1Cl. The van der Waals surface area contributed by atoms with Crippen LogP contribution in [0.4, 0.5) is 0 Å². The average Bonchev–Trinajstić information content (AvgIpc) is 3.38. The van der Waals surface area contributed by atoms with E-state index in [2.05, 4.69) is 21.0 Å². The van der Waals surface area contributed by atoms with Crippen molar-refractivity contribution < 1.29 is 14.0 Å². The molecule has 3 N–H and O–H groups in total. The second-order valence-electron chi connectivity index (χ2n) is 7.91. The highest BCUT2D eigenvalue weighted by atomic mass is 35.5. The molecule has 0 aliphatic carbocycles. The van der Waals surface area contributed by atoms with Gasteiger partial charge in [-0.25, -0.2) is 0 Å². The van der Waals surface area contributed by atoms with Gasteiger partial charge < -0.3 is 20.4 Å². The molecule has 0 bridgehead atoms. The van der Waals surface area contributed by atoms with Crippen molar-refractivity contribution in [2.24, 2.45) is 7.05 Å². The Hall–Kier alpha value is -2.23. The Balaban J connectivity index is 0.000000363. The van der Waals surface area contributed by atoms with Crippen LogP contribution in [0.25, 0.3) is 11.3 Å². The highest BCUT2D eigenvalue weighted by Gasteiger charge is 2.26. The van der Waals surface area contributed by atoms with Crippen molar-refractivity contribution in [1.29, 1.82) is 0 Å². The Morgan fingerprint density at radius 2 is 1.83 bits per heavy atom. The minimum atomic E-state index is -0.349. The molecule has 1 fully saturated rings. The molecule has 1 aromatic carbocycles. The van der Waals surface area contributed by atoms with Gasteiger partial charge in [-0.2, -0.15) is 5.10 Å². The van der Waals surface area contributed by atoms with E-state index in [4.69, 9.17) is 50.8 Å². The molecule has 188 valence electrons. The second kappa shape index (κ2) is 12.6. The summed E-state index contributed by atoms with van der Waals surface area (Å²) >= 11 is 23.4. The maximum Gasteiger partial charge on any atom is 0.287 e.